The van der Waals surface area contributed by atoms with E-state index in [2.05, 4.69) is 40.0 Å². The maximum absolute atomic E-state index is 13.6. The van der Waals surface area contributed by atoms with Crippen LogP contribution in [0.1, 0.15) is 26.7 Å². The van der Waals surface area contributed by atoms with Crippen LogP contribution in [0.3, 0.4) is 0 Å². The second-order valence-electron chi connectivity index (χ2n) is 4.92. The highest BCUT2D eigenvalue weighted by atomic mass is 79.9. The Balaban J connectivity index is 2.08. The van der Waals surface area contributed by atoms with E-state index in [1.165, 1.54) is 0 Å². The third-order valence-electron chi connectivity index (χ3n) is 3.60. The summed E-state index contributed by atoms with van der Waals surface area (Å²) < 4.78 is 14.1. The fourth-order valence-corrected chi connectivity index (χ4v) is 2.94. The van der Waals surface area contributed by atoms with Crippen LogP contribution in [0, 0.1) is 5.82 Å². The van der Waals surface area contributed by atoms with Crippen molar-refractivity contribution in [3.63, 3.8) is 0 Å². The van der Waals surface area contributed by atoms with Crippen LogP contribution in [-0.4, -0.2) is 25.2 Å². The van der Waals surface area contributed by atoms with Crippen molar-refractivity contribution >= 4 is 21.6 Å². The van der Waals surface area contributed by atoms with Crippen LogP contribution in [-0.2, 0) is 0 Å². The first-order valence-corrected chi connectivity index (χ1v) is 7.36. The predicted molar refractivity (Wildman–Crippen MR) is 77.6 cm³/mol. The molecule has 18 heavy (non-hydrogen) atoms. The highest BCUT2D eigenvalue weighted by Gasteiger charge is 2.25. The number of anilines is 1. The lowest BCUT2D eigenvalue weighted by atomic mass is 9.97. The number of rotatable bonds is 3. The Hall–Kier alpha value is -0.610. The summed E-state index contributed by atoms with van der Waals surface area (Å²) in [6.45, 7) is 6.36. The summed E-state index contributed by atoms with van der Waals surface area (Å²) in [6, 6.07) is 6.43. The van der Waals surface area contributed by atoms with Crippen molar-refractivity contribution in [2.75, 3.05) is 18.0 Å². The first-order valence-electron chi connectivity index (χ1n) is 6.57. The molecule has 0 amide bonds. The molecule has 2 atom stereocenters. The van der Waals surface area contributed by atoms with Crippen LogP contribution in [0.2, 0.25) is 0 Å². The van der Waals surface area contributed by atoms with Crippen LogP contribution in [0.4, 0.5) is 10.1 Å². The van der Waals surface area contributed by atoms with Crippen LogP contribution in [0.5, 0.6) is 0 Å². The normalized spacial score (nSPS) is 24.3. The van der Waals surface area contributed by atoms with Crippen molar-refractivity contribution in [2.24, 2.45) is 0 Å². The van der Waals surface area contributed by atoms with Gasteiger partial charge in [0, 0.05) is 24.3 Å². The first-order chi connectivity index (χ1) is 8.61. The zero-order valence-corrected chi connectivity index (χ0v) is 12.5. The third kappa shape index (κ3) is 3.04. The van der Waals surface area contributed by atoms with Crippen LogP contribution in [0.15, 0.2) is 22.7 Å². The Kier molecular flexibility index (Phi) is 4.62. The van der Waals surface area contributed by atoms with Gasteiger partial charge >= 0.3 is 0 Å². The Labute approximate surface area is 117 Å². The zero-order valence-electron chi connectivity index (χ0n) is 10.9. The standard InChI is InChI=1S/C14H20BrFN2/c1-3-17-11-6-7-18(10(2)8-11)12-4-5-13(15)14(16)9-12/h4-5,9-11,17H,3,6-8H2,1-2H3. The molecule has 0 radical (unpaired) electrons. The molecule has 1 aliphatic heterocycles. The molecule has 1 heterocycles. The molecular formula is C14H20BrFN2. The topological polar surface area (TPSA) is 15.3 Å². The van der Waals surface area contributed by atoms with E-state index in [-0.39, 0.29) is 5.82 Å². The number of piperidine rings is 1. The molecule has 0 aromatic heterocycles. The van der Waals surface area contributed by atoms with Crippen LogP contribution in [0.25, 0.3) is 0 Å². The van der Waals surface area contributed by atoms with Gasteiger partial charge in [-0.3, -0.25) is 0 Å². The number of hydrogen-bond donors (Lipinski definition) is 1. The lowest BCUT2D eigenvalue weighted by molar-refractivity contribution is 0.374. The molecule has 100 valence electrons. The Morgan fingerprint density at radius 2 is 2.28 bits per heavy atom. The molecule has 0 bridgehead atoms. The van der Waals surface area contributed by atoms with Gasteiger partial charge in [-0.2, -0.15) is 0 Å². The summed E-state index contributed by atoms with van der Waals surface area (Å²) in [4.78, 5) is 2.30. The maximum atomic E-state index is 13.6. The number of benzene rings is 1. The van der Waals surface area contributed by atoms with Crippen molar-refractivity contribution in [1.29, 1.82) is 0 Å². The molecule has 0 saturated carbocycles. The molecule has 1 aromatic carbocycles. The van der Waals surface area contributed by atoms with Gasteiger partial charge < -0.3 is 10.2 Å². The number of halogens is 2. The molecule has 1 aromatic rings. The third-order valence-corrected chi connectivity index (χ3v) is 4.25. The van der Waals surface area contributed by atoms with Gasteiger partial charge in [0.2, 0.25) is 0 Å². The van der Waals surface area contributed by atoms with Gasteiger partial charge in [-0.05, 0) is 60.4 Å². The van der Waals surface area contributed by atoms with E-state index >= 15 is 0 Å². The molecule has 2 unspecified atom stereocenters. The Bertz CT molecular complexity index is 411. The lowest BCUT2D eigenvalue weighted by Crippen LogP contribution is -2.47. The number of nitrogens with zero attached hydrogens (tertiary/aromatic N) is 1. The molecule has 1 N–H and O–H groups in total. The minimum Gasteiger partial charge on any atom is -0.369 e. The zero-order chi connectivity index (χ0) is 13.1. The van der Waals surface area contributed by atoms with Gasteiger partial charge in [0.1, 0.15) is 5.82 Å². The molecule has 1 aliphatic rings. The molecule has 1 fully saturated rings. The average molecular weight is 315 g/mol. The number of hydrogen-bond acceptors (Lipinski definition) is 2. The quantitative estimate of drug-likeness (QED) is 0.917. The van der Waals surface area contributed by atoms with E-state index in [0.717, 1.165) is 31.6 Å². The van der Waals surface area contributed by atoms with Crippen LogP contribution < -0.4 is 10.2 Å². The highest BCUT2D eigenvalue weighted by molar-refractivity contribution is 9.10. The van der Waals surface area contributed by atoms with Gasteiger partial charge in [0.25, 0.3) is 0 Å². The molecule has 4 heteroatoms. The smallest absolute Gasteiger partial charge is 0.139 e. The molecule has 2 nitrogen and oxygen atoms in total. The summed E-state index contributed by atoms with van der Waals surface area (Å²) in [5, 5.41) is 3.50. The Morgan fingerprint density at radius 3 is 2.89 bits per heavy atom. The Morgan fingerprint density at radius 1 is 1.50 bits per heavy atom. The SMILES string of the molecule is CCNC1CCN(c2ccc(Br)c(F)c2)C(C)C1. The summed E-state index contributed by atoms with van der Waals surface area (Å²) in [6.07, 6.45) is 2.24. The van der Waals surface area contributed by atoms with E-state index in [0.29, 0.717) is 16.6 Å². The fraction of sp³-hybridized carbons (Fsp3) is 0.571. The monoisotopic (exact) mass is 314 g/mol. The number of nitrogens with one attached hydrogen (secondary N) is 1. The maximum Gasteiger partial charge on any atom is 0.139 e. The average Bonchev–Trinajstić information content (AvgIpc) is 2.34. The summed E-state index contributed by atoms with van der Waals surface area (Å²) in [5.74, 6) is -0.187. The second-order valence-corrected chi connectivity index (χ2v) is 5.77. The van der Waals surface area contributed by atoms with Gasteiger partial charge in [0.05, 0.1) is 4.47 Å². The fourth-order valence-electron chi connectivity index (χ4n) is 2.69. The molecule has 0 spiro atoms. The highest BCUT2D eigenvalue weighted by Crippen LogP contribution is 2.27. The van der Waals surface area contributed by atoms with Crippen LogP contribution >= 0.6 is 15.9 Å². The molecule has 1 saturated heterocycles. The molecule has 0 aliphatic carbocycles. The first kappa shape index (κ1) is 13.8. The minimum absolute atomic E-state index is 0.187. The second kappa shape index (κ2) is 6.02. The molecule has 2 rings (SSSR count). The van der Waals surface area contributed by atoms with Gasteiger partial charge in [-0.25, -0.2) is 4.39 Å². The minimum atomic E-state index is -0.187. The van der Waals surface area contributed by atoms with E-state index in [9.17, 15) is 4.39 Å². The summed E-state index contributed by atoms with van der Waals surface area (Å²) in [7, 11) is 0. The van der Waals surface area contributed by atoms with E-state index < -0.39 is 0 Å². The van der Waals surface area contributed by atoms with Crippen molar-refractivity contribution in [3.05, 3.63) is 28.5 Å². The largest absolute Gasteiger partial charge is 0.369 e. The summed E-state index contributed by atoms with van der Waals surface area (Å²) >= 11 is 3.20. The van der Waals surface area contributed by atoms with Crippen molar-refractivity contribution < 1.29 is 4.39 Å². The van der Waals surface area contributed by atoms with Gasteiger partial charge in [-0.1, -0.05) is 6.92 Å². The predicted octanol–water partition coefficient (Wildman–Crippen LogP) is 3.56. The van der Waals surface area contributed by atoms with Crippen molar-refractivity contribution in [2.45, 2.75) is 38.8 Å². The van der Waals surface area contributed by atoms with Crippen molar-refractivity contribution in [3.8, 4) is 0 Å². The van der Waals surface area contributed by atoms with E-state index in [1.54, 1.807) is 12.1 Å². The van der Waals surface area contributed by atoms with E-state index in [4.69, 9.17) is 0 Å². The lowest BCUT2D eigenvalue weighted by Gasteiger charge is -2.39. The molecular weight excluding hydrogens is 295 g/mol. The van der Waals surface area contributed by atoms with E-state index in [1.807, 2.05) is 6.07 Å². The van der Waals surface area contributed by atoms with Gasteiger partial charge in [-0.15, -0.1) is 0 Å². The van der Waals surface area contributed by atoms with Crippen molar-refractivity contribution in [1.82, 2.24) is 5.32 Å². The summed E-state index contributed by atoms with van der Waals surface area (Å²) in [5.41, 5.74) is 0.984. The van der Waals surface area contributed by atoms with Gasteiger partial charge in [0.15, 0.2) is 0 Å².